The van der Waals surface area contributed by atoms with Crippen LogP contribution in [0.1, 0.15) is 36.7 Å². The SMILES string of the molecule is CC(C)C(=O)N(C)Cc1ccc(C(=O)N2CC(C(=O)O)O[C@H](C)C2)cc1. The molecule has 2 atom stereocenters. The first-order valence-corrected chi connectivity index (χ1v) is 8.70. The Labute approximate surface area is 153 Å². The minimum absolute atomic E-state index is 0.0336. The van der Waals surface area contributed by atoms with Gasteiger partial charge in [0.15, 0.2) is 6.10 Å². The lowest BCUT2D eigenvalue weighted by molar-refractivity contribution is -0.160. The molecule has 1 saturated heterocycles. The van der Waals surface area contributed by atoms with Gasteiger partial charge in [0.25, 0.3) is 5.91 Å². The van der Waals surface area contributed by atoms with E-state index in [2.05, 4.69) is 0 Å². The first-order valence-electron chi connectivity index (χ1n) is 8.70. The molecule has 1 unspecified atom stereocenters. The molecule has 0 aliphatic carbocycles. The van der Waals surface area contributed by atoms with Crippen LogP contribution in [-0.4, -0.2) is 65.0 Å². The van der Waals surface area contributed by atoms with E-state index in [0.29, 0.717) is 18.7 Å². The molecule has 0 radical (unpaired) electrons. The lowest BCUT2D eigenvalue weighted by Crippen LogP contribution is -2.51. The number of carboxylic acid groups (broad SMARTS) is 1. The van der Waals surface area contributed by atoms with Crippen molar-refractivity contribution < 1.29 is 24.2 Å². The average Bonchev–Trinajstić information content (AvgIpc) is 2.60. The van der Waals surface area contributed by atoms with Crippen LogP contribution in [0.2, 0.25) is 0 Å². The van der Waals surface area contributed by atoms with Gasteiger partial charge in [-0.25, -0.2) is 4.79 Å². The maximum atomic E-state index is 12.7. The number of benzene rings is 1. The van der Waals surface area contributed by atoms with E-state index in [-0.39, 0.29) is 30.4 Å². The molecule has 142 valence electrons. The average molecular weight is 362 g/mol. The number of carboxylic acids is 1. The van der Waals surface area contributed by atoms with Crippen LogP contribution in [0.5, 0.6) is 0 Å². The smallest absolute Gasteiger partial charge is 0.334 e. The Kier molecular flexibility index (Phi) is 6.37. The molecule has 2 rings (SSSR count). The standard InChI is InChI=1S/C19H26N2O5/c1-12(2)17(22)20(4)10-14-5-7-15(8-6-14)18(23)21-9-13(3)26-16(11-21)19(24)25/h5-8,12-13,16H,9-11H2,1-4H3,(H,24,25)/t13-,16?/m1/s1. The first-order chi connectivity index (χ1) is 12.2. The van der Waals surface area contributed by atoms with Crippen LogP contribution in [0, 0.1) is 5.92 Å². The van der Waals surface area contributed by atoms with E-state index >= 15 is 0 Å². The Balaban J connectivity index is 2.04. The molecule has 26 heavy (non-hydrogen) atoms. The van der Waals surface area contributed by atoms with Gasteiger partial charge in [-0.2, -0.15) is 0 Å². The molecule has 1 aliphatic heterocycles. The van der Waals surface area contributed by atoms with Gasteiger partial charge in [0, 0.05) is 31.6 Å². The number of hydrogen-bond donors (Lipinski definition) is 1. The predicted molar refractivity (Wildman–Crippen MR) is 95.6 cm³/mol. The van der Waals surface area contributed by atoms with E-state index in [4.69, 9.17) is 9.84 Å². The van der Waals surface area contributed by atoms with E-state index < -0.39 is 12.1 Å². The maximum absolute atomic E-state index is 12.7. The molecule has 1 aliphatic rings. The Morgan fingerprint density at radius 1 is 1.23 bits per heavy atom. The van der Waals surface area contributed by atoms with Crippen LogP contribution >= 0.6 is 0 Å². The van der Waals surface area contributed by atoms with Gasteiger partial charge in [-0.3, -0.25) is 9.59 Å². The van der Waals surface area contributed by atoms with E-state index in [1.54, 1.807) is 31.0 Å². The van der Waals surface area contributed by atoms with E-state index in [1.165, 1.54) is 4.90 Å². The summed E-state index contributed by atoms with van der Waals surface area (Å²) in [4.78, 5) is 38.9. The Morgan fingerprint density at radius 2 is 1.85 bits per heavy atom. The van der Waals surface area contributed by atoms with Crippen molar-refractivity contribution in [3.05, 3.63) is 35.4 Å². The third-order valence-electron chi connectivity index (χ3n) is 4.31. The monoisotopic (exact) mass is 362 g/mol. The summed E-state index contributed by atoms with van der Waals surface area (Å²) < 4.78 is 5.34. The van der Waals surface area contributed by atoms with Crippen molar-refractivity contribution in [2.45, 2.75) is 39.5 Å². The molecule has 7 heteroatoms. The summed E-state index contributed by atoms with van der Waals surface area (Å²) in [5.74, 6) is -1.29. The first kappa shape index (κ1) is 19.9. The fourth-order valence-corrected chi connectivity index (χ4v) is 2.98. The van der Waals surface area contributed by atoms with Crippen molar-refractivity contribution in [2.24, 2.45) is 5.92 Å². The number of rotatable bonds is 5. The van der Waals surface area contributed by atoms with E-state index in [9.17, 15) is 14.4 Å². The molecule has 0 spiro atoms. The largest absolute Gasteiger partial charge is 0.479 e. The molecule has 1 aromatic rings. The number of carbonyl (C=O) groups is 3. The zero-order chi connectivity index (χ0) is 19.4. The third kappa shape index (κ3) is 4.82. The number of morpholine rings is 1. The second-order valence-corrected chi connectivity index (χ2v) is 7.03. The summed E-state index contributed by atoms with van der Waals surface area (Å²) in [6.07, 6.45) is -1.33. The molecule has 0 aromatic heterocycles. The molecule has 2 amide bonds. The Morgan fingerprint density at radius 3 is 2.38 bits per heavy atom. The van der Waals surface area contributed by atoms with Gasteiger partial charge in [-0.05, 0) is 24.6 Å². The zero-order valence-electron chi connectivity index (χ0n) is 15.6. The fraction of sp³-hybridized carbons (Fsp3) is 0.526. The summed E-state index contributed by atoms with van der Waals surface area (Å²) in [5.41, 5.74) is 1.42. The number of hydrogen-bond acceptors (Lipinski definition) is 4. The molecule has 1 heterocycles. The van der Waals surface area contributed by atoms with Gasteiger partial charge in [0.1, 0.15) is 0 Å². The van der Waals surface area contributed by atoms with Gasteiger partial charge >= 0.3 is 5.97 Å². The van der Waals surface area contributed by atoms with Gasteiger partial charge in [0.05, 0.1) is 12.6 Å². The molecule has 0 bridgehead atoms. The summed E-state index contributed by atoms with van der Waals surface area (Å²) in [6, 6.07) is 7.05. The van der Waals surface area contributed by atoms with Gasteiger partial charge in [0.2, 0.25) is 5.91 Å². The molecule has 7 nitrogen and oxygen atoms in total. The van der Waals surface area contributed by atoms with Crippen molar-refractivity contribution in [3.8, 4) is 0 Å². The van der Waals surface area contributed by atoms with E-state index in [0.717, 1.165) is 5.56 Å². The zero-order valence-corrected chi connectivity index (χ0v) is 15.6. The highest BCUT2D eigenvalue weighted by Gasteiger charge is 2.32. The van der Waals surface area contributed by atoms with Gasteiger partial charge in [-0.15, -0.1) is 0 Å². The van der Waals surface area contributed by atoms with Gasteiger partial charge in [-0.1, -0.05) is 26.0 Å². The van der Waals surface area contributed by atoms with Crippen LogP contribution in [0.3, 0.4) is 0 Å². The third-order valence-corrected chi connectivity index (χ3v) is 4.31. The highest BCUT2D eigenvalue weighted by molar-refractivity contribution is 5.94. The minimum Gasteiger partial charge on any atom is -0.479 e. The van der Waals surface area contributed by atoms with Gasteiger partial charge < -0.3 is 19.6 Å². The second-order valence-electron chi connectivity index (χ2n) is 7.03. The summed E-state index contributed by atoms with van der Waals surface area (Å²) >= 11 is 0. The molecule has 1 aromatic carbocycles. The Bertz CT molecular complexity index is 671. The minimum atomic E-state index is -1.07. The second kappa shape index (κ2) is 8.31. The molecular formula is C19H26N2O5. The number of ether oxygens (including phenoxy) is 1. The quantitative estimate of drug-likeness (QED) is 0.860. The summed E-state index contributed by atoms with van der Waals surface area (Å²) in [5, 5.41) is 9.14. The number of amides is 2. The highest BCUT2D eigenvalue weighted by atomic mass is 16.5. The molecule has 1 N–H and O–H groups in total. The molecule has 0 saturated carbocycles. The Hall–Kier alpha value is -2.41. The topological polar surface area (TPSA) is 87.2 Å². The molecule has 1 fully saturated rings. The van der Waals surface area contributed by atoms with Crippen molar-refractivity contribution in [1.29, 1.82) is 0 Å². The van der Waals surface area contributed by atoms with Crippen LogP contribution in [0.15, 0.2) is 24.3 Å². The van der Waals surface area contributed by atoms with Crippen LogP contribution in [-0.2, 0) is 20.9 Å². The van der Waals surface area contributed by atoms with Crippen molar-refractivity contribution >= 4 is 17.8 Å². The van der Waals surface area contributed by atoms with Crippen molar-refractivity contribution in [3.63, 3.8) is 0 Å². The number of nitrogens with zero attached hydrogens (tertiary/aromatic N) is 2. The van der Waals surface area contributed by atoms with Crippen LogP contribution < -0.4 is 0 Å². The highest BCUT2D eigenvalue weighted by Crippen LogP contribution is 2.16. The van der Waals surface area contributed by atoms with Crippen molar-refractivity contribution in [1.82, 2.24) is 9.80 Å². The molecular weight excluding hydrogens is 336 g/mol. The number of aliphatic carboxylic acids is 1. The predicted octanol–water partition coefficient (Wildman–Crippen LogP) is 1.62. The van der Waals surface area contributed by atoms with Crippen LogP contribution in [0.25, 0.3) is 0 Å². The number of carbonyl (C=O) groups excluding carboxylic acids is 2. The fourth-order valence-electron chi connectivity index (χ4n) is 2.98. The lowest BCUT2D eigenvalue weighted by atomic mass is 10.1. The summed E-state index contributed by atoms with van der Waals surface area (Å²) in [7, 11) is 1.75. The van der Waals surface area contributed by atoms with Crippen molar-refractivity contribution in [2.75, 3.05) is 20.1 Å². The maximum Gasteiger partial charge on any atom is 0.334 e. The lowest BCUT2D eigenvalue weighted by Gasteiger charge is -2.35. The summed E-state index contributed by atoms with van der Waals surface area (Å²) in [6.45, 7) is 6.33. The van der Waals surface area contributed by atoms with Crippen LogP contribution in [0.4, 0.5) is 0 Å². The normalized spacial score (nSPS) is 20.1. The van der Waals surface area contributed by atoms with E-state index in [1.807, 2.05) is 26.0 Å².